The third-order valence-corrected chi connectivity index (χ3v) is 4.45. The molecule has 1 aromatic heterocycles. The van der Waals surface area contributed by atoms with E-state index in [2.05, 4.69) is 39.4 Å². The van der Waals surface area contributed by atoms with Crippen molar-refractivity contribution in [1.29, 1.82) is 0 Å². The van der Waals surface area contributed by atoms with E-state index in [0.717, 1.165) is 5.56 Å². The zero-order valence-electron chi connectivity index (χ0n) is 9.00. The number of hydrogen-bond donors (Lipinski definition) is 1. The molecule has 0 atom stereocenters. The Bertz CT molecular complexity index is 545. The van der Waals surface area contributed by atoms with Crippen LogP contribution >= 0.6 is 33.9 Å². The molecular weight excluding hydrogens is 371 g/mol. The van der Waals surface area contributed by atoms with Gasteiger partial charge >= 0.3 is 0 Å². The van der Waals surface area contributed by atoms with Crippen LogP contribution in [0.3, 0.4) is 0 Å². The fourth-order valence-corrected chi connectivity index (χ4v) is 2.81. The van der Waals surface area contributed by atoms with Crippen molar-refractivity contribution >= 4 is 44.0 Å². The fraction of sp³-hybridized carbons (Fsp3) is 0.0909. The highest BCUT2D eigenvalue weighted by Gasteiger charge is 2.06. The van der Waals surface area contributed by atoms with Gasteiger partial charge in [-0.15, -0.1) is 0 Å². The van der Waals surface area contributed by atoms with Crippen molar-refractivity contribution in [2.45, 2.75) is 11.8 Å². The van der Waals surface area contributed by atoms with Gasteiger partial charge in [0.2, 0.25) is 0 Å². The average Bonchev–Trinajstić information content (AvgIpc) is 2.69. The number of benzene rings is 1. The minimum atomic E-state index is -4.02. The summed E-state index contributed by atoms with van der Waals surface area (Å²) in [5.41, 5.74) is 0.956. The van der Waals surface area contributed by atoms with E-state index in [9.17, 15) is 8.42 Å². The highest BCUT2D eigenvalue weighted by molar-refractivity contribution is 14.1. The van der Waals surface area contributed by atoms with Crippen LogP contribution in [-0.4, -0.2) is 13.0 Å². The van der Waals surface area contributed by atoms with Crippen LogP contribution in [0.4, 0.5) is 0 Å². The molecule has 2 aromatic rings. The Morgan fingerprint density at radius 2 is 1.76 bits per heavy atom. The molecule has 0 saturated heterocycles. The molecule has 0 fully saturated rings. The number of thiophene rings is 1. The molecule has 1 aromatic carbocycles. The van der Waals surface area contributed by atoms with Gasteiger partial charge in [-0.2, -0.15) is 19.8 Å². The van der Waals surface area contributed by atoms with Gasteiger partial charge < -0.3 is 0 Å². The minimum absolute atomic E-state index is 0.0666. The van der Waals surface area contributed by atoms with Crippen LogP contribution in [0, 0.1) is 10.5 Å². The van der Waals surface area contributed by atoms with Crippen molar-refractivity contribution in [3.05, 3.63) is 50.2 Å². The van der Waals surface area contributed by atoms with Crippen LogP contribution in [0.1, 0.15) is 5.56 Å². The van der Waals surface area contributed by atoms with Crippen LogP contribution in [-0.2, 0) is 10.1 Å². The summed E-state index contributed by atoms with van der Waals surface area (Å²) in [7, 11) is -4.02. The van der Waals surface area contributed by atoms with Gasteiger partial charge in [-0.05, 0) is 53.1 Å². The second-order valence-electron chi connectivity index (χ2n) is 3.23. The maximum atomic E-state index is 10.5. The van der Waals surface area contributed by atoms with Gasteiger partial charge in [0, 0.05) is 8.95 Å². The summed E-state index contributed by atoms with van der Waals surface area (Å²) in [4.78, 5) is -0.0666. The molecule has 92 valence electrons. The summed E-state index contributed by atoms with van der Waals surface area (Å²) >= 11 is 4.02. The molecule has 1 N–H and O–H groups in total. The van der Waals surface area contributed by atoms with Crippen LogP contribution in [0.25, 0.3) is 0 Å². The average molecular weight is 382 g/mol. The van der Waals surface area contributed by atoms with Gasteiger partial charge in [-0.25, -0.2) is 0 Å². The largest absolute Gasteiger partial charge is 0.294 e. The summed E-state index contributed by atoms with van der Waals surface area (Å²) in [6.45, 7) is 1.84. The Hall–Kier alpha value is -0.440. The number of aryl methyl sites for hydroxylation is 1. The lowest BCUT2D eigenvalue weighted by Crippen LogP contribution is -1.96. The molecule has 0 aliphatic heterocycles. The van der Waals surface area contributed by atoms with Crippen molar-refractivity contribution < 1.29 is 13.0 Å². The van der Waals surface area contributed by atoms with E-state index in [1.54, 1.807) is 23.5 Å². The Kier molecular flexibility index (Phi) is 5.57. The highest BCUT2D eigenvalue weighted by Crippen LogP contribution is 2.08. The molecule has 0 aliphatic carbocycles. The molecule has 0 unspecified atom stereocenters. The minimum Gasteiger partial charge on any atom is -0.282 e. The van der Waals surface area contributed by atoms with E-state index in [0.29, 0.717) is 0 Å². The van der Waals surface area contributed by atoms with E-state index in [1.165, 1.54) is 15.7 Å². The molecular formula is C11H11IO3S2. The first-order chi connectivity index (χ1) is 7.89. The Morgan fingerprint density at radius 3 is 2.06 bits per heavy atom. The van der Waals surface area contributed by atoms with Gasteiger partial charge in [0.1, 0.15) is 0 Å². The van der Waals surface area contributed by atoms with Crippen LogP contribution in [0.15, 0.2) is 46.0 Å². The van der Waals surface area contributed by atoms with Gasteiger partial charge in [0.25, 0.3) is 10.1 Å². The summed E-state index contributed by atoms with van der Waals surface area (Å²) in [5, 5.41) is 4.18. The van der Waals surface area contributed by atoms with Crippen LogP contribution in [0.5, 0.6) is 0 Å². The highest BCUT2D eigenvalue weighted by atomic mass is 127. The SMILES string of the molecule is Cc1ccc(S(=O)(=O)O)cc1.Ic1ccsc1. The maximum absolute atomic E-state index is 10.5. The van der Waals surface area contributed by atoms with E-state index in [1.807, 2.05) is 6.92 Å². The third-order valence-electron chi connectivity index (χ3n) is 1.81. The molecule has 6 heteroatoms. The number of rotatable bonds is 1. The lowest BCUT2D eigenvalue weighted by molar-refractivity contribution is 0.483. The van der Waals surface area contributed by atoms with Gasteiger partial charge in [0.15, 0.2) is 0 Å². The second kappa shape index (κ2) is 6.48. The van der Waals surface area contributed by atoms with Gasteiger partial charge in [-0.3, -0.25) is 4.55 Å². The van der Waals surface area contributed by atoms with E-state index in [4.69, 9.17) is 4.55 Å². The Labute approximate surface area is 118 Å². The zero-order valence-corrected chi connectivity index (χ0v) is 12.8. The molecule has 0 amide bonds. The molecule has 3 nitrogen and oxygen atoms in total. The zero-order chi connectivity index (χ0) is 12.9. The van der Waals surface area contributed by atoms with E-state index < -0.39 is 10.1 Å². The molecule has 0 radical (unpaired) electrons. The first kappa shape index (κ1) is 14.6. The first-order valence-corrected chi connectivity index (χ1v) is 8.07. The molecule has 0 spiro atoms. The molecule has 0 bridgehead atoms. The van der Waals surface area contributed by atoms with Crippen LogP contribution in [0.2, 0.25) is 0 Å². The lowest BCUT2D eigenvalue weighted by Gasteiger charge is -1.95. The van der Waals surface area contributed by atoms with Crippen molar-refractivity contribution in [2.75, 3.05) is 0 Å². The Balaban J connectivity index is 0.000000202. The first-order valence-electron chi connectivity index (χ1n) is 4.61. The van der Waals surface area contributed by atoms with Gasteiger partial charge in [-0.1, -0.05) is 17.7 Å². The molecule has 0 aliphatic rings. The van der Waals surface area contributed by atoms with Crippen molar-refractivity contribution in [3.63, 3.8) is 0 Å². The normalized spacial score (nSPS) is 10.5. The summed E-state index contributed by atoms with van der Waals surface area (Å²) in [5.74, 6) is 0. The molecule has 2 rings (SSSR count). The monoisotopic (exact) mass is 382 g/mol. The van der Waals surface area contributed by atoms with Crippen LogP contribution < -0.4 is 0 Å². The van der Waals surface area contributed by atoms with Crippen molar-refractivity contribution in [3.8, 4) is 0 Å². The van der Waals surface area contributed by atoms with E-state index >= 15 is 0 Å². The lowest BCUT2D eigenvalue weighted by atomic mass is 10.2. The molecule has 1 heterocycles. The topological polar surface area (TPSA) is 54.4 Å². The predicted octanol–water partition coefficient (Wildman–Crippen LogP) is 3.59. The van der Waals surface area contributed by atoms with E-state index in [-0.39, 0.29) is 4.90 Å². The smallest absolute Gasteiger partial charge is 0.282 e. The Morgan fingerprint density at radius 1 is 1.18 bits per heavy atom. The second-order valence-corrected chi connectivity index (χ2v) is 6.68. The van der Waals surface area contributed by atoms with Crippen molar-refractivity contribution in [2.24, 2.45) is 0 Å². The maximum Gasteiger partial charge on any atom is 0.294 e. The summed E-state index contributed by atoms with van der Waals surface area (Å²) in [6.07, 6.45) is 0. The standard InChI is InChI=1S/C7H8O3S.C4H3IS/c1-6-2-4-7(5-3-6)11(8,9)10;5-4-1-2-6-3-4/h2-5H,1H3,(H,8,9,10);1-3H. The van der Waals surface area contributed by atoms with Gasteiger partial charge in [0.05, 0.1) is 4.90 Å². The summed E-state index contributed by atoms with van der Waals surface area (Å²) < 4.78 is 30.9. The number of halogens is 1. The molecule has 17 heavy (non-hydrogen) atoms. The summed E-state index contributed by atoms with van der Waals surface area (Å²) in [6, 6.07) is 8.08. The molecule has 0 saturated carbocycles. The fourth-order valence-electron chi connectivity index (χ4n) is 0.958. The number of hydrogen-bond acceptors (Lipinski definition) is 3. The predicted molar refractivity (Wildman–Crippen MR) is 78.0 cm³/mol. The quantitative estimate of drug-likeness (QED) is 0.606. The third kappa shape index (κ3) is 5.62. The van der Waals surface area contributed by atoms with Crippen molar-refractivity contribution in [1.82, 2.24) is 0 Å².